The van der Waals surface area contributed by atoms with E-state index >= 15 is 0 Å². The second-order valence-corrected chi connectivity index (χ2v) is 6.59. The predicted molar refractivity (Wildman–Crippen MR) is 109 cm³/mol. The van der Waals surface area contributed by atoms with Gasteiger partial charge in [-0.15, -0.1) is 0 Å². The number of nitrogens with one attached hydrogen (secondary N) is 3. The number of ether oxygens (including phenoxy) is 1. The molecule has 0 spiro atoms. The van der Waals surface area contributed by atoms with Gasteiger partial charge in [0.2, 0.25) is 11.9 Å². The molecule has 2 aromatic carbocycles. The van der Waals surface area contributed by atoms with Crippen LogP contribution >= 0.6 is 0 Å². The fourth-order valence-electron chi connectivity index (χ4n) is 3.03. The number of aromatic amines is 1. The first-order valence-electron chi connectivity index (χ1n) is 9.23. The Kier molecular flexibility index (Phi) is 5.93. The second kappa shape index (κ2) is 8.56. The maximum atomic E-state index is 12.7. The lowest BCUT2D eigenvalue weighted by atomic mass is 10.1. The molecule has 0 bridgehead atoms. The van der Waals surface area contributed by atoms with Crippen LogP contribution in [0.15, 0.2) is 42.5 Å². The van der Waals surface area contributed by atoms with Crippen LogP contribution in [0, 0.1) is 6.92 Å². The molecule has 2 amide bonds. The van der Waals surface area contributed by atoms with Crippen molar-refractivity contribution in [3.8, 4) is 5.75 Å². The van der Waals surface area contributed by atoms with E-state index in [9.17, 15) is 9.59 Å². The largest absolute Gasteiger partial charge is 0.497 e. The first kappa shape index (κ1) is 19.4. The number of carbonyl (C=O) groups excluding carboxylic acids is 2. The van der Waals surface area contributed by atoms with Gasteiger partial charge in [0, 0.05) is 5.56 Å². The minimum Gasteiger partial charge on any atom is -0.497 e. The molecule has 1 atom stereocenters. The summed E-state index contributed by atoms with van der Waals surface area (Å²) in [5, 5.41) is 5.60. The normalized spacial score (nSPS) is 11.8. The molecule has 7 nitrogen and oxygen atoms in total. The van der Waals surface area contributed by atoms with Crippen LogP contribution in [0.3, 0.4) is 0 Å². The Balaban J connectivity index is 1.73. The number of benzene rings is 2. The third-order valence-electron chi connectivity index (χ3n) is 4.51. The number of methoxy groups -OCH3 is 1. The van der Waals surface area contributed by atoms with Crippen LogP contribution in [-0.2, 0) is 4.79 Å². The first-order valence-corrected chi connectivity index (χ1v) is 9.23. The van der Waals surface area contributed by atoms with Crippen molar-refractivity contribution in [1.82, 2.24) is 15.3 Å². The number of carbonyl (C=O) groups is 2. The van der Waals surface area contributed by atoms with Gasteiger partial charge >= 0.3 is 0 Å². The van der Waals surface area contributed by atoms with Crippen molar-refractivity contribution < 1.29 is 14.3 Å². The molecular weight excluding hydrogens is 356 g/mol. The van der Waals surface area contributed by atoms with Gasteiger partial charge in [-0.25, -0.2) is 4.98 Å². The standard InChI is InChI=1S/C21H24N4O3/c1-4-7-18(22-19(26)15-11-10-14(28-3)12-13(15)2)20(27)25-21-23-16-8-5-6-9-17(16)24-21/h5-6,8-12,18H,4,7H2,1-3H3,(H,22,26)(H2,23,24,25,27)/t18-/m0/s1. The summed E-state index contributed by atoms with van der Waals surface area (Å²) in [5.74, 6) is 0.447. The topological polar surface area (TPSA) is 96.1 Å². The average molecular weight is 380 g/mol. The number of anilines is 1. The van der Waals surface area contributed by atoms with E-state index in [2.05, 4.69) is 20.6 Å². The number of hydrogen-bond acceptors (Lipinski definition) is 4. The summed E-state index contributed by atoms with van der Waals surface area (Å²) in [6, 6.07) is 12.1. The molecule has 1 aromatic heterocycles. The SMILES string of the molecule is CCC[C@H](NC(=O)c1ccc(OC)cc1C)C(=O)Nc1nc2ccccc2[nH]1. The minimum atomic E-state index is -0.660. The van der Waals surface area contributed by atoms with Gasteiger partial charge in [0.1, 0.15) is 11.8 Å². The molecule has 0 saturated carbocycles. The van der Waals surface area contributed by atoms with Crippen LogP contribution in [-0.4, -0.2) is 34.9 Å². The number of aryl methyl sites for hydroxylation is 1. The Bertz CT molecular complexity index is 963. The van der Waals surface area contributed by atoms with E-state index in [1.54, 1.807) is 25.3 Å². The highest BCUT2D eigenvalue weighted by Gasteiger charge is 2.22. The fourth-order valence-corrected chi connectivity index (χ4v) is 3.03. The predicted octanol–water partition coefficient (Wildman–Crippen LogP) is 3.42. The molecule has 0 aliphatic carbocycles. The molecule has 0 aliphatic heterocycles. The number of fused-ring (bicyclic) bond motifs is 1. The van der Waals surface area contributed by atoms with Crippen LogP contribution < -0.4 is 15.4 Å². The van der Waals surface area contributed by atoms with Gasteiger partial charge in [-0.2, -0.15) is 0 Å². The van der Waals surface area contributed by atoms with Crippen LogP contribution in [0.2, 0.25) is 0 Å². The van der Waals surface area contributed by atoms with Crippen LogP contribution in [0.1, 0.15) is 35.7 Å². The summed E-state index contributed by atoms with van der Waals surface area (Å²) < 4.78 is 5.17. The Morgan fingerprint density at radius 2 is 2.00 bits per heavy atom. The molecule has 7 heteroatoms. The number of para-hydroxylation sites is 2. The van der Waals surface area contributed by atoms with Crippen molar-refractivity contribution in [3.63, 3.8) is 0 Å². The van der Waals surface area contributed by atoms with Crippen molar-refractivity contribution in [3.05, 3.63) is 53.6 Å². The molecule has 146 valence electrons. The van der Waals surface area contributed by atoms with Crippen LogP contribution in [0.25, 0.3) is 11.0 Å². The summed E-state index contributed by atoms with van der Waals surface area (Å²) in [6.07, 6.45) is 1.27. The Morgan fingerprint density at radius 1 is 1.21 bits per heavy atom. The highest BCUT2D eigenvalue weighted by Crippen LogP contribution is 2.18. The molecule has 0 saturated heterocycles. The monoisotopic (exact) mass is 380 g/mol. The summed E-state index contributed by atoms with van der Waals surface area (Å²) in [6.45, 7) is 3.80. The maximum Gasteiger partial charge on any atom is 0.252 e. The molecule has 0 aliphatic rings. The average Bonchev–Trinajstić information content (AvgIpc) is 3.09. The molecule has 3 N–H and O–H groups in total. The number of hydrogen-bond donors (Lipinski definition) is 3. The molecule has 0 unspecified atom stereocenters. The summed E-state index contributed by atoms with van der Waals surface area (Å²) in [5.41, 5.74) is 2.90. The van der Waals surface area contributed by atoms with Crippen molar-refractivity contribution in [2.24, 2.45) is 0 Å². The molecule has 0 fully saturated rings. The highest BCUT2D eigenvalue weighted by atomic mass is 16.5. The molecular formula is C21H24N4O3. The molecule has 1 heterocycles. The number of aromatic nitrogens is 2. The number of rotatable bonds is 7. The Labute approximate surface area is 163 Å². The van der Waals surface area contributed by atoms with E-state index in [0.29, 0.717) is 23.7 Å². The smallest absolute Gasteiger partial charge is 0.252 e. The van der Waals surface area contributed by atoms with Crippen molar-refractivity contribution >= 4 is 28.8 Å². The van der Waals surface area contributed by atoms with Gasteiger partial charge in [-0.1, -0.05) is 25.5 Å². The molecule has 3 aromatic rings. The summed E-state index contributed by atoms with van der Waals surface area (Å²) >= 11 is 0. The number of H-pyrrole nitrogens is 1. The van der Waals surface area contributed by atoms with Gasteiger partial charge < -0.3 is 15.0 Å². The third-order valence-corrected chi connectivity index (χ3v) is 4.51. The lowest BCUT2D eigenvalue weighted by Crippen LogP contribution is -2.44. The minimum absolute atomic E-state index is 0.293. The van der Waals surface area contributed by atoms with Crippen molar-refractivity contribution in [1.29, 1.82) is 0 Å². The van der Waals surface area contributed by atoms with E-state index in [-0.39, 0.29) is 11.8 Å². The van der Waals surface area contributed by atoms with Gasteiger partial charge in [-0.05, 0) is 49.2 Å². The zero-order valence-corrected chi connectivity index (χ0v) is 16.2. The van der Waals surface area contributed by atoms with Crippen molar-refractivity contribution in [2.45, 2.75) is 32.7 Å². The number of imidazole rings is 1. The van der Waals surface area contributed by atoms with Gasteiger partial charge in [0.05, 0.1) is 18.1 Å². The Morgan fingerprint density at radius 3 is 2.68 bits per heavy atom. The van der Waals surface area contributed by atoms with E-state index < -0.39 is 6.04 Å². The molecule has 28 heavy (non-hydrogen) atoms. The third kappa shape index (κ3) is 4.31. The fraction of sp³-hybridized carbons (Fsp3) is 0.286. The van der Waals surface area contributed by atoms with Crippen LogP contribution in [0.4, 0.5) is 5.95 Å². The van der Waals surface area contributed by atoms with E-state index in [1.165, 1.54) is 0 Å². The zero-order chi connectivity index (χ0) is 20.1. The first-order chi connectivity index (χ1) is 13.5. The number of amides is 2. The maximum absolute atomic E-state index is 12.7. The molecule has 0 radical (unpaired) electrons. The van der Waals surface area contributed by atoms with E-state index in [4.69, 9.17) is 4.74 Å². The van der Waals surface area contributed by atoms with Crippen molar-refractivity contribution in [2.75, 3.05) is 12.4 Å². The number of nitrogens with zero attached hydrogens (tertiary/aromatic N) is 1. The van der Waals surface area contributed by atoms with E-state index in [1.807, 2.05) is 38.1 Å². The van der Waals surface area contributed by atoms with E-state index in [0.717, 1.165) is 23.0 Å². The molecule has 3 rings (SSSR count). The van der Waals surface area contributed by atoms with Gasteiger partial charge in [-0.3, -0.25) is 14.9 Å². The summed E-state index contributed by atoms with van der Waals surface area (Å²) in [7, 11) is 1.58. The lowest BCUT2D eigenvalue weighted by molar-refractivity contribution is -0.118. The Hall–Kier alpha value is -3.35. The zero-order valence-electron chi connectivity index (χ0n) is 16.2. The van der Waals surface area contributed by atoms with Crippen LogP contribution in [0.5, 0.6) is 5.75 Å². The highest BCUT2D eigenvalue weighted by molar-refractivity contribution is 6.01. The quantitative estimate of drug-likeness (QED) is 0.585. The summed E-state index contributed by atoms with van der Waals surface area (Å²) in [4.78, 5) is 32.8. The second-order valence-electron chi connectivity index (χ2n) is 6.59. The van der Waals surface area contributed by atoms with Gasteiger partial charge in [0.25, 0.3) is 5.91 Å². The van der Waals surface area contributed by atoms with Gasteiger partial charge in [0.15, 0.2) is 0 Å². The lowest BCUT2D eigenvalue weighted by Gasteiger charge is -2.18.